The Hall–Kier alpha value is -1.23. The molecule has 16 heavy (non-hydrogen) atoms. The van der Waals surface area contributed by atoms with E-state index >= 15 is 0 Å². The van der Waals surface area contributed by atoms with E-state index in [1.165, 1.54) is 0 Å². The zero-order valence-corrected chi connectivity index (χ0v) is 10.0. The molecular weight excluding hydrogens is 220 g/mol. The number of unbranched alkanes of at least 4 members (excludes halogenated alkanes) is 1. The predicted molar refractivity (Wildman–Crippen MR) is 68.2 cm³/mol. The summed E-state index contributed by atoms with van der Waals surface area (Å²) in [7, 11) is 0. The molecule has 1 atom stereocenters. The number of aliphatic hydroxyl groups is 1. The van der Waals surface area contributed by atoms with Crippen LogP contribution in [0.2, 0.25) is 5.02 Å². The first-order chi connectivity index (χ1) is 7.65. The minimum atomic E-state index is -0.574. The molecule has 1 aromatic carbocycles. The number of terminal acetylenes is 1. The molecule has 1 nitrogen and oxygen atoms in total. The Labute approximate surface area is 102 Å². The van der Waals surface area contributed by atoms with Gasteiger partial charge in [0.2, 0.25) is 0 Å². The molecule has 1 unspecified atom stereocenters. The fourth-order valence-corrected chi connectivity index (χ4v) is 1.53. The second-order valence-electron chi connectivity index (χ2n) is 3.65. The van der Waals surface area contributed by atoms with Gasteiger partial charge in [0.25, 0.3) is 0 Å². The first kappa shape index (κ1) is 12.8. The van der Waals surface area contributed by atoms with Crippen molar-refractivity contribution in [3.05, 3.63) is 46.5 Å². The van der Waals surface area contributed by atoms with Gasteiger partial charge in [0, 0.05) is 11.4 Å². The average Bonchev–Trinajstić information content (AvgIpc) is 2.29. The number of hydrogen-bond donors (Lipinski definition) is 1. The number of benzene rings is 1. The third kappa shape index (κ3) is 3.73. The van der Waals surface area contributed by atoms with E-state index in [2.05, 4.69) is 5.92 Å². The molecule has 1 aromatic rings. The van der Waals surface area contributed by atoms with Gasteiger partial charge in [0.15, 0.2) is 0 Å². The van der Waals surface area contributed by atoms with Gasteiger partial charge in [0.1, 0.15) is 0 Å². The maximum Gasteiger partial charge on any atom is 0.0998 e. The van der Waals surface area contributed by atoms with Crippen LogP contribution in [0.3, 0.4) is 0 Å². The van der Waals surface area contributed by atoms with Gasteiger partial charge in [-0.25, -0.2) is 0 Å². The van der Waals surface area contributed by atoms with E-state index in [-0.39, 0.29) is 0 Å². The van der Waals surface area contributed by atoms with Crippen LogP contribution in [-0.4, -0.2) is 5.11 Å². The van der Waals surface area contributed by atoms with Crippen LogP contribution in [0.5, 0.6) is 0 Å². The predicted octanol–water partition coefficient (Wildman–Crippen LogP) is 3.73. The second kappa shape index (κ2) is 6.37. The van der Waals surface area contributed by atoms with Gasteiger partial charge in [-0.15, -0.1) is 12.3 Å². The fraction of sp³-hybridized carbons (Fsp3) is 0.286. The van der Waals surface area contributed by atoms with Crippen LogP contribution in [0.1, 0.15) is 31.4 Å². The van der Waals surface area contributed by atoms with Crippen molar-refractivity contribution in [1.82, 2.24) is 0 Å². The van der Waals surface area contributed by atoms with Crippen LogP contribution in [0.25, 0.3) is 0 Å². The maximum atomic E-state index is 10.0. The molecular formula is C14H15ClO. The zero-order valence-electron chi connectivity index (χ0n) is 9.28. The molecule has 0 aromatic heterocycles. The first-order valence-corrected chi connectivity index (χ1v) is 5.56. The van der Waals surface area contributed by atoms with Crippen LogP contribution in [0.15, 0.2) is 35.9 Å². The SMILES string of the molecule is C#CCC/C=C(\C)C(O)c1ccc(Cl)cc1. The summed E-state index contributed by atoms with van der Waals surface area (Å²) in [6.07, 6.45) is 8.06. The molecule has 0 spiro atoms. The topological polar surface area (TPSA) is 20.2 Å². The van der Waals surface area contributed by atoms with Crippen molar-refractivity contribution in [3.8, 4) is 12.3 Å². The summed E-state index contributed by atoms with van der Waals surface area (Å²) >= 11 is 5.78. The Morgan fingerprint density at radius 1 is 1.50 bits per heavy atom. The Bertz CT molecular complexity index is 398. The quantitative estimate of drug-likeness (QED) is 0.478. The summed E-state index contributed by atoms with van der Waals surface area (Å²) in [5, 5.41) is 10.7. The highest BCUT2D eigenvalue weighted by atomic mass is 35.5. The fourth-order valence-electron chi connectivity index (χ4n) is 1.40. The Morgan fingerprint density at radius 3 is 2.69 bits per heavy atom. The van der Waals surface area contributed by atoms with Crippen LogP contribution < -0.4 is 0 Å². The summed E-state index contributed by atoms with van der Waals surface area (Å²) in [5.41, 5.74) is 1.76. The van der Waals surface area contributed by atoms with Crippen molar-refractivity contribution >= 4 is 11.6 Å². The average molecular weight is 235 g/mol. The van der Waals surface area contributed by atoms with E-state index in [1.54, 1.807) is 12.1 Å². The van der Waals surface area contributed by atoms with E-state index in [0.717, 1.165) is 17.6 Å². The minimum Gasteiger partial charge on any atom is -0.384 e. The molecule has 0 saturated heterocycles. The lowest BCUT2D eigenvalue weighted by Crippen LogP contribution is -1.98. The van der Waals surface area contributed by atoms with E-state index in [9.17, 15) is 5.11 Å². The summed E-state index contributed by atoms with van der Waals surface area (Å²) < 4.78 is 0. The highest BCUT2D eigenvalue weighted by molar-refractivity contribution is 6.30. The van der Waals surface area contributed by atoms with Crippen molar-refractivity contribution in [2.75, 3.05) is 0 Å². The molecule has 0 aliphatic heterocycles. The summed E-state index contributed by atoms with van der Waals surface area (Å²) in [6.45, 7) is 1.90. The van der Waals surface area contributed by atoms with Crippen LogP contribution in [0.4, 0.5) is 0 Å². The molecule has 0 bridgehead atoms. The van der Waals surface area contributed by atoms with Gasteiger partial charge in [-0.05, 0) is 36.6 Å². The first-order valence-electron chi connectivity index (χ1n) is 5.19. The highest BCUT2D eigenvalue weighted by Crippen LogP contribution is 2.23. The van der Waals surface area contributed by atoms with E-state index in [0.29, 0.717) is 11.4 Å². The number of rotatable bonds is 4. The van der Waals surface area contributed by atoms with E-state index in [4.69, 9.17) is 18.0 Å². The largest absolute Gasteiger partial charge is 0.384 e. The zero-order chi connectivity index (χ0) is 12.0. The van der Waals surface area contributed by atoms with Crippen LogP contribution >= 0.6 is 11.6 Å². The minimum absolute atomic E-state index is 0.574. The number of hydrogen-bond acceptors (Lipinski definition) is 1. The van der Waals surface area contributed by atoms with E-state index in [1.807, 2.05) is 25.1 Å². The van der Waals surface area contributed by atoms with Crippen molar-refractivity contribution < 1.29 is 5.11 Å². The smallest absolute Gasteiger partial charge is 0.0998 e. The Morgan fingerprint density at radius 2 is 2.12 bits per heavy atom. The van der Waals surface area contributed by atoms with Gasteiger partial charge in [0.05, 0.1) is 6.10 Å². The second-order valence-corrected chi connectivity index (χ2v) is 4.08. The molecule has 2 heteroatoms. The molecule has 0 radical (unpaired) electrons. The number of allylic oxidation sites excluding steroid dienone is 1. The van der Waals surface area contributed by atoms with Crippen molar-refractivity contribution in [2.24, 2.45) is 0 Å². The number of aliphatic hydroxyl groups excluding tert-OH is 1. The van der Waals surface area contributed by atoms with Crippen LogP contribution in [0, 0.1) is 12.3 Å². The third-order valence-corrected chi connectivity index (χ3v) is 2.62. The lowest BCUT2D eigenvalue weighted by molar-refractivity contribution is 0.215. The molecule has 1 N–H and O–H groups in total. The van der Waals surface area contributed by atoms with Gasteiger partial charge in [-0.2, -0.15) is 0 Å². The maximum absolute atomic E-state index is 10.0. The lowest BCUT2D eigenvalue weighted by Gasteiger charge is -2.11. The molecule has 0 heterocycles. The third-order valence-electron chi connectivity index (χ3n) is 2.37. The lowest BCUT2D eigenvalue weighted by atomic mass is 10.0. The molecule has 1 rings (SSSR count). The molecule has 0 fully saturated rings. The summed E-state index contributed by atoms with van der Waals surface area (Å²) in [5.74, 6) is 2.57. The molecule has 84 valence electrons. The Balaban J connectivity index is 2.70. The van der Waals surface area contributed by atoms with Crippen molar-refractivity contribution in [3.63, 3.8) is 0 Å². The monoisotopic (exact) mass is 234 g/mol. The van der Waals surface area contributed by atoms with Crippen molar-refractivity contribution in [2.45, 2.75) is 25.9 Å². The molecule has 0 aliphatic carbocycles. The summed E-state index contributed by atoms with van der Waals surface area (Å²) in [4.78, 5) is 0. The van der Waals surface area contributed by atoms with Crippen molar-refractivity contribution in [1.29, 1.82) is 0 Å². The Kier molecular flexibility index (Phi) is 5.11. The van der Waals surface area contributed by atoms with Crippen LogP contribution in [-0.2, 0) is 0 Å². The van der Waals surface area contributed by atoms with Gasteiger partial charge < -0.3 is 5.11 Å². The molecule has 0 amide bonds. The highest BCUT2D eigenvalue weighted by Gasteiger charge is 2.08. The summed E-state index contributed by atoms with van der Waals surface area (Å²) in [6, 6.07) is 7.20. The van der Waals surface area contributed by atoms with Gasteiger partial charge >= 0.3 is 0 Å². The normalized spacial score (nSPS) is 13.2. The van der Waals surface area contributed by atoms with E-state index < -0.39 is 6.10 Å². The number of halogens is 1. The van der Waals surface area contributed by atoms with Gasteiger partial charge in [-0.1, -0.05) is 29.8 Å². The molecule has 0 aliphatic rings. The molecule has 0 saturated carbocycles. The van der Waals surface area contributed by atoms with Gasteiger partial charge in [-0.3, -0.25) is 0 Å². The standard InChI is InChI=1S/C14H15ClO/c1-3-4-5-6-11(2)14(16)12-7-9-13(15)10-8-12/h1,6-10,14,16H,4-5H2,2H3/b11-6+.